The van der Waals surface area contributed by atoms with E-state index in [1.165, 1.54) is 47.3 Å². The third-order valence-corrected chi connectivity index (χ3v) is 9.25. The predicted octanol–water partition coefficient (Wildman–Crippen LogP) is 6.04. The van der Waals surface area contributed by atoms with E-state index in [2.05, 4.69) is 22.1 Å². The van der Waals surface area contributed by atoms with Crippen molar-refractivity contribution >= 4 is 23.5 Å². The zero-order valence-electron chi connectivity index (χ0n) is 30.8. The largest absolute Gasteiger partial charge is 0.453 e. The van der Waals surface area contributed by atoms with Crippen molar-refractivity contribution in [3.05, 3.63) is 105 Å². The van der Waals surface area contributed by atoms with Crippen LogP contribution < -0.4 is 27.0 Å². The number of nitrogens with zero attached hydrogens (tertiary/aromatic N) is 4. The number of rotatable bonds is 7. The fourth-order valence-corrected chi connectivity index (χ4v) is 6.35. The molecule has 2 aliphatic heterocycles. The Morgan fingerprint density at radius 1 is 1.00 bits per heavy atom. The van der Waals surface area contributed by atoms with Crippen LogP contribution in [0, 0.1) is 29.4 Å². The normalized spacial score (nSPS) is 15.2. The van der Waals surface area contributed by atoms with Crippen molar-refractivity contribution in [1.29, 1.82) is 0 Å². The Balaban J connectivity index is 1.16. The molecule has 0 saturated carbocycles. The summed E-state index contributed by atoms with van der Waals surface area (Å²) < 4.78 is 48.1. The van der Waals surface area contributed by atoms with Crippen LogP contribution in [-0.4, -0.2) is 62.9 Å². The van der Waals surface area contributed by atoms with Crippen LogP contribution in [0.25, 0.3) is 5.69 Å². The van der Waals surface area contributed by atoms with Gasteiger partial charge < -0.3 is 30.2 Å². The molecule has 0 unspecified atom stereocenters. The van der Waals surface area contributed by atoms with Crippen molar-refractivity contribution in [2.45, 2.75) is 64.5 Å². The van der Waals surface area contributed by atoms with Crippen molar-refractivity contribution in [3.63, 3.8) is 0 Å². The first-order chi connectivity index (χ1) is 26.3. The van der Waals surface area contributed by atoms with Gasteiger partial charge in [0, 0.05) is 69.0 Å². The van der Waals surface area contributed by atoms with Gasteiger partial charge in [0.15, 0.2) is 11.6 Å². The monoisotopic (exact) mass is 756 g/mol. The lowest BCUT2D eigenvalue weighted by Crippen LogP contribution is -2.44. The molecule has 0 aliphatic carbocycles. The number of carbonyl (C=O) groups is 2. The van der Waals surface area contributed by atoms with Gasteiger partial charge in [-0.05, 0) is 88.8 Å². The molecule has 0 bridgehead atoms. The van der Waals surface area contributed by atoms with Crippen LogP contribution in [0.4, 0.5) is 25.1 Å². The third-order valence-electron chi connectivity index (χ3n) is 9.25. The number of nitrogens with two attached hydrogens (primary N) is 1. The van der Waals surface area contributed by atoms with Gasteiger partial charge in [-0.15, -0.1) is 0 Å². The van der Waals surface area contributed by atoms with Gasteiger partial charge in [-0.25, -0.2) is 27.9 Å². The Hall–Kier alpha value is -6.01. The highest BCUT2D eigenvalue weighted by Gasteiger charge is 2.27. The summed E-state index contributed by atoms with van der Waals surface area (Å²) in [6.07, 6.45) is 5.30. The Morgan fingerprint density at radius 3 is 2.38 bits per heavy atom. The van der Waals surface area contributed by atoms with Crippen molar-refractivity contribution in [3.8, 4) is 29.0 Å². The topological polar surface area (TPSA) is 160 Å². The lowest BCUT2D eigenvalue weighted by molar-refractivity contribution is 0.0185. The van der Waals surface area contributed by atoms with Gasteiger partial charge >= 0.3 is 11.8 Å². The fraction of sp³-hybridized carbons (Fsp3) is 0.375. The molecule has 4 aromatic rings. The minimum absolute atomic E-state index is 0.0124. The molecule has 2 amide bonds. The number of piperidine rings is 1. The second-order valence-electron chi connectivity index (χ2n) is 14.4. The maximum absolute atomic E-state index is 15.5. The van der Waals surface area contributed by atoms with E-state index in [4.69, 9.17) is 19.9 Å². The molecule has 55 heavy (non-hydrogen) atoms. The molecule has 13 nitrogen and oxygen atoms in total. The zero-order chi connectivity index (χ0) is 39.3. The summed E-state index contributed by atoms with van der Waals surface area (Å²) in [5.74, 6) is 4.21. The zero-order valence-corrected chi connectivity index (χ0v) is 30.8. The maximum Gasteiger partial charge on any atom is 0.410 e. The van der Waals surface area contributed by atoms with Gasteiger partial charge in [-0.3, -0.25) is 14.2 Å². The average molecular weight is 757 g/mol. The van der Waals surface area contributed by atoms with Crippen LogP contribution in [0.3, 0.4) is 0 Å². The van der Waals surface area contributed by atoms with E-state index in [1.54, 1.807) is 4.90 Å². The number of pyridine rings is 1. The lowest BCUT2D eigenvalue weighted by atomic mass is 9.94. The molecule has 2 fully saturated rings. The number of ether oxygens (including phenoxy) is 3. The van der Waals surface area contributed by atoms with Crippen LogP contribution in [0.1, 0.15) is 74.8 Å². The van der Waals surface area contributed by atoms with Gasteiger partial charge in [-0.2, -0.15) is 0 Å². The fourth-order valence-electron chi connectivity index (χ4n) is 6.35. The van der Waals surface area contributed by atoms with Crippen LogP contribution in [0.5, 0.6) is 11.5 Å². The molecular formula is C40H42F2N6O7. The number of aromatic nitrogens is 3. The van der Waals surface area contributed by atoms with Gasteiger partial charge in [0.2, 0.25) is 0 Å². The number of hydrogen-bond donors (Lipinski definition) is 2. The molecule has 2 aliphatic rings. The number of carbonyl (C=O) groups excluding carboxylic acids is 2. The summed E-state index contributed by atoms with van der Waals surface area (Å²) in [6.45, 7) is 7.41. The van der Waals surface area contributed by atoms with E-state index in [0.717, 1.165) is 35.6 Å². The molecule has 2 aromatic heterocycles. The van der Waals surface area contributed by atoms with E-state index in [-0.39, 0.29) is 57.9 Å². The van der Waals surface area contributed by atoms with Crippen LogP contribution in [0.15, 0.2) is 70.5 Å². The Labute approximate surface area is 316 Å². The summed E-state index contributed by atoms with van der Waals surface area (Å²) in [4.78, 5) is 58.9. The molecule has 0 spiro atoms. The van der Waals surface area contributed by atoms with Crippen molar-refractivity contribution in [2.75, 3.05) is 37.4 Å². The summed E-state index contributed by atoms with van der Waals surface area (Å²) in [5, 5.41) is 2.54. The summed E-state index contributed by atoms with van der Waals surface area (Å²) >= 11 is 0. The van der Waals surface area contributed by atoms with Crippen LogP contribution in [0.2, 0.25) is 0 Å². The molecule has 15 heteroatoms. The first-order valence-electron chi connectivity index (χ1n) is 18.0. The molecule has 2 saturated heterocycles. The molecule has 0 atom stereocenters. The molecular weight excluding hydrogens is 714 g/mol. The Bertz CT molecular complexity index is 2240. The highest BCUT2D eigenvalue weighted by Crippen LogP contribution is 2.31. The molecule has 3 N–H and O–H groups in total. The number of anilines is 2. The number of amides is 2. The molecule has 6 rings (SSSR count). The van der Waals surface area contributed by atoms with E-state index in [9.17, 15) is 23.6 Å². The van der Waals surface area contributed by atoms with Gasteiger partial charge in [-0.1, -0.05) is 11.8 Å². The van der Waals surface area contributed by atoms with Gasteiger partial charge in [0.25, 0.3) is 11.5 Å². The minimum Gasteiger partial charge on any atom is -0.453 e. The quantitative estimate of drug-likeness (QED) is 0.215. The van der Waals surface area contributed by atoms with Crippen molar-refractivity contribution in [1.82, 2.24) is 19.0 Å². The SMILES string of the molecule is CC(C)(C)OC(=O)N1CCC(CC#Cc2c(Oc3ccc(NC(=O)c4cn(C5CCOCC5)c(=O)n(-c5ccc(F)cc5)c4=O)cc3F)ccnc2N)CC1. The molecule has 288 valence electrons. The Kier molecular flexibility index (Phi) is 11.7. The molecule has 0 radical (unpaired) electrons. The predicted molar refractivity (Wildman–Crippen MR) is 200 cm³/mol. The second kappa shape index (κ2) is 16.6. The first-order valence-corrected chi connectivity index (χ1v) is 18.0. The van der Waals surface area contributed by atoms with Gasteiger partial charge in [0.05, 0.1) is 5.69 Å². The maximum atomic E-state index is 15.5. The number of hydrogen-bond acceptors (Lipinski definition) is 9. The summed E-state index contributed by atoms with van der Waals surface area (Å²) in [7, 11) is 0. The first kappa shape index (κ1) is 38.7. The van der Waals surface area contributed by atoms with Gasteiger partial charge in [0.1, 0.15) is 34.1 Å². The number of nitrogen functional groups attached to an aromatic ring is 1. The number of nitrogens with one attached hydrogen (secondary N) is 1. The van der Waals surface area contributed by atoms with Crippen molar-refractivity contribution in [2.24, 2.45) is 5.92 Å². The standard InChI is InChI=1S/C40H42F2N6O7/c1-40(2,3)55-39(52)46-19-14-25(15-20-46)5-4-6-30-33(13-18-44-35(30)43)54-34-12-9-27(23-32(34)42)45-36(49)31-24-47(28-16-21-53-22-17-28)38(51)48(37(31)50)29-10-7-26(41)8-11-29/h7-13,18,23-25,28H,5,14-17,19-22H2,1-3H3,(H2,43,44)(H,45,49). The molecule has 4 heterocycles. The summed E-state index contributed by atoms with van der Waals surface area (Å²) in [6, 6.07) is 9.64. The smallest absolute Gasteiger partial charge is 0.410 e. The summed E-state index contributed by atoms with van der Waals surface area (Å²) in [5.41, 5.74) is 3.97. The van der Waals surface area contributed by atoms with Crippen LogP contribution >= 0.6 is 0 Å². The van der Waals surface area contributed by atoms with Crippen LogP contribution in [-0.2, 0) is 9.47 Å². The third kappa shape index (κ3) is 9.39. The average Bonchev–Trinajstić information content (AvgIpc) is 3.14. The second-order valence-corrected chi connectivity index (χ2v) is 14.4. The number of likely N-dealkylation sites (tertiary alicyclic amines) is 1. The van der Waals surface area contributed by atoms with E-state index < -0.39 is 34.4 Å². The number of benzene rings is 2. The highest BCUT2D eigenvalue weighted by atomic mass is 19.1. The van der Waals surface area contributed by atoms with Crippen molar-refractivity contribution < 1.29 is 32.6 Å². The molecule has 2 aromatic carbocycles. The number of halogens is 2. The highest BCUT2D eigenvalue weighted by molar-refractivity contribution is 6.03. The minimum atomic E-state index is -0.923. The van der Waals surface area contributed by atoms with E-state index >= 15 is 4.39 Å². The Morgan fingerprint density at radius 2 is 1.71 bits per heavy atom. The van der Waals surface area contributed by atoms with E-state index in [0.29, 0.717) is 45.6 Å². The van der Waals surface area contributed by atoms with E-state index in [1.807, 2.05) is 20.8 Å². The lowest BCUT2D eigenvalue weighted by Gasteiger charge is -2.32.